The van der Waals surface area contributed by atoms with Crippen LogP contribution in [-0.2, 0) is 0 Å². The number of rotatable bonds is 3. The van der Waals surface area contributed by atoms with E-state index in [9.17, 15) is 18.4 Å². The third-order valence-corrected chi connectivity index (χ3v) is 3.29. The molecule has 7 heteroatoms. The first kappa shape index (κ1) is 15.1. The van der Waals surface area contributed by atoms with Crippen molar-refractivity contribution in [3.63, 3.8) is 0 Å². The van der Waals surface area contributed by atoms with Crippen molar-refractivity contribution in [1.82, 2.24) is 0 Å². The molecule has 4 nitrogen and oxygen atoms in total. The zero-order valence-electron chi connectivity index (χ0n) is 10.4. The fourth-order valence-corrected chi connectivity index (χ4v) is 2.17. The molecule has 0 aliphatic carbocycles. The second-order valence-corrected chi connectivity index (χ2v) is 4.93. The van der Waals surface area contributed by atoms with Gasteiger partial charge in [0.15, 0.2) is 0 Å². The number of anilines is 1. The van der Waals surface area contributed by atoms with E-state index in [1.54, 1.807) is 0 Å². The van der Waals surface area contributed by atoms with Crippen LogP contribution in [0.1, 0.15) is 20.7 Å². The Morgan fingerprint density at radius 3 is 2.29 bits per heavy atom. The van der Waals surface area contributed by atoms with E-state index in [1.165, 1.54) is 12.1 Å². The van der Waals surface area contributed by atoms with Crippen LogP contribution in [0.2, 0.25) is 0 Å². The molecule has 0 radical (unpaired) electrons. The van der Waals surface area contributed by atoms with Crippen LogP contribution in [-0.4, -0.2) is 17.0 Å². The number of carboxylic acids is 1. The predicted octanol–water partition coefficient (Wildman–Crippen LogP) is 3.68. The fourth-order valence-electron chi connectivity index (χ4n) is 1.64. The second kappa shape index (κ2) is 6.01. The van der Waals surface area contributed by atoms with E-state index in [-0.39, 0.29) is 15.7 Å². The molecule has 2 aromatic carbocycles. The summed E-state index contributed by atoms with van der Waals surface area (Å²) in [7, 11) is 0. The molecule has 0 unspecified atom stereocenters. The smallest absolute Gasteiger partial charge is 0.338 e. The third kappa shape index (κ3) is 3.43. The molecule has 21 heavy (non-hydrogen) atoms. The molecule has 2 N–H and O–H groups in total. The Morgan fingerprint density at radius 2 is 1.71 bits per heavy atom. The maximum absolute atomic E-state index is 13.5. The zero-order chi connectivity index (χ0) is 15.6. The molecule has 2 aromatic rings. The molecule has 0 heterocycles. The number of amides is 1. The van der Waals surface area contributed by atoms with Crippen molar-refractivity contribution in [1.29, 1.82) is 0 Å². The minimum atomic E-state index is -1.40. The van der Waals surface area contributed by atoms with Gasteiger partial charge >= 0.3 is 5.97 Å². The number of hydrogen-bond acceptors (Lipinski definition) is 2. The van der Waals surface area contributed by atoms with Crippen molar-refractivity contribution in [3.8, 4) is 0 Å². The van der Waals surface area contributed by atoms with Crippen LogP contribution in [0.25, 0.3) is 0 Å². The summed E-state index contributed by atoms with van der Waals surface area (Å²) >= 11 is 3.05. The van der Waals surface area contributed by atoms with Gasteiger partial charge < -0.3 is 10.4 Å². The van der Waals surface area contributed by atoms with Crippen molar-refractivity contribution in [2.75, 3.05) is 5.32 Å². The third-order valence-electron chi connectivity index (χ3n) is 2.63. The number of carboxylic acid groups (broad SMARTS) is 1. The van der Waals surface area contributed by atoms with E-state index in [0.717, 1.165) is 24.3 Å². The van der Waals surface area contributed by atoms with Gasteiger partial charge in [0.1, 0.15) is 11.6 Å². The second-order valence-electron chi connectivity index (χ2n) is 4.08. The van der Waals surface area contributed by atoms with Gasteiger partial charge in [0.25, 0.3) is 5.91 Å². The maximum Gasteiger partial charge on any atom is 0.338 e. The number of nitrogens with one attached hydrogen (secondary N) is 1. The molecule has 0 spiro atoms. The number of carbonyl (C=O) groups excluding carboxylic acids is 1. The zero-order valence-corrected chi connectivity index (χ0v) is 11.9. The summed E-state index contributed by atoms with van der Waals surface area (Å²) in [4.78, 5) is 22.7. The Morgan fingerprint density at radius 1 is 1.05 bits per heavy atom. The van der Waals surface area contributed by atoms with Gasteiger partial charge in [-0.3, -0.25) is 4.79 Å². The van der Waals surface area contributed by atoms with Crippen molar-refractivity contribution >= 4 is 33.5 Å². The van der Waals surface area contributed by atoms with Gasteiger partial charge in [0.05, 0.1) is 11.1 Å². The Labute approximate surface area is 126 Å². The number of aromatic carboxylic acids is 1. The summed E-state index contributed by atoms with van der Waals surface area (Å²) in [6.45, 7) is 0. The Balaban J connectivity index is 2.23. The highest BCUT2D eigenvalue weighted by Gasteiger charge is 2.14. The summed E-state index contributed by atoms with van der Waals surface area (Å²) < 4.78 is 26.7. The van der Waals surface area contributed by atoms with Crippen LogP contribution in [0.5, 0.6) is 0 Å². The monoisotopic (exact) mass is 355 g/mol. The molecule has 0 saturated heterocycles. The van der Waals surface area contributed by atoms with E-state index >= 15 is 0 Å². The Kier molecular flexibility index (Phi) is 4.32. The van der Waals surface area contributed by atoms with E-state index in [1.807, 2.05) is 0 Å². The van der Waals surface area contributed by atoms with Gasteiger partial charge in [-0.2, -0.15) is 0 Å². The predicted molar refractivity (Wildman–Crippen MR) is 75.4 cm³/mol. The quantitative estimate of drug-likeness (QED) is 0.882. The summed E-state index contributed by atoms with van der Waals surface area (Å²) in [6.07, 6.45) is 0. The molecular formula is C14H8BrF2NO3. The molecule has 2 rings (SSSR count). The summed E-state index contributed by atoms with van der Waals surface area (Å²) in [5.74, 6) is -3.44. The van der Waals surface area contributed by atoms with E-state index in [0.29, 0.717) is 0 Å². The van der Waals surface area contributed by atoms with Crippen molar-refractivity contribution in [2.45, 2.75) is 0 Å². The van der Waals surface area contributed by atoms with E-state index in [4.69, 9.17) is 5.11 Å². The van der Waals surface area contributed by atoms with Crippen LogP contribution in [0.4, 0.5) is 14.5 Å². The molecule has 0 atom stereocenters. The molecule has 0 fully saturated rings. The molecule has 108 valence electrons. The lowest BCUT2D eigenvalue weighted by molar-refractivity contribution is 0.0692. The largest absolute Gasteiger partial charge is 0.478 e. The highest BCUT2D eigenvalue weighted by molar-refractivity contribution is 9.10. The number of hydrogen-bond donors (Lipinski definition) is 2. The molecule has 0 saturated carbocycles. The fraction of sp³-hybridized carbons (Fsp3) is 0. The first-order chi connectivity index (χ1) is 9.88. The summed E-state index contributed by atoms with van der Waals surface area (Å²) in [6, 6.07) is 6.74. The van der Waals surface area contributed by atoms with Gasteiger partial charge in [-0.1, -0.05) is 0 Å². The first-order valence-corrected chi connectivity index (χ1v) is 6.47. The van der Waals surface area contributed by atoms with Gasteiger partial charge in [0.2, 0.25) is 0 Å². The number of halogens is 3. The van der Waals surface area contributed by atoms with Crippen LogP contribution in [0.3, 0.4) is 0 Å². The molecule has 0 aromatic heterocycles. The molecule has 1 amide bonds. The molecular weight excluding hydrogens is 348 g/mol. The Bertz CT molecular complexity index is 734. The topological polar surface area (TPSA) is 66.4 Å². The first-order valence-electron chi connectivity index (χ1n) is 5.67. The number of benzene rings is 2. The van der Waals surface area contributed by atoms with Crippen LogP contribution >= 0.6 is 15.9 Å². The van der Waals surface area contributed by atoms with Crippen molar-refractivity contribution in [2.24, 2.45) is 0 Å². The van der Waals surface area contributed by atoms with Crippen molar-refractivity contribution in [3.05, 3.63) is 63.6 Å². The van der Waals surface area contributed by atoms with Crippen molar-refractivity contribution < 1.29 is 23.5 Å². The standard InChI is InChI=1S/C14H8BrF2NO3/c15-11-5-7(16)1-3-9(11)13(19)18-8-2-4-10(14(20)21)12(17)6-8/h1-6H,(H,18,19)(H,20,21). The van der Waals surface area contributed by atoms with Gasteiger partial charge in [-0.25, -0.2) is 13.6 Å². The minimum Gasteiger partial charge on any atom is -0.478 e. The number of carbonyl (C=O) groups is 2. The molecule has 0 aliphatic rings. The Hall–Kier alpha value is -2.28. The summed E-state index contributed by atoms with van der Waals surface area (Å²) in [5, 5.41) is 11.1. The normalized spacial score (nSPS) is 10.2. The highest BCUT2D eigenvalue weighted by Crippen LogP contribution is 2.20. The average molecular weight is 356 g/mol. The van der Waals surface area contributed by atoms with Gasteiger partial charge in [0, 0.05) is 10.2 Å². The molecule has 0 aliphatic heterocycles. The van der Waals surface area contributed by atoms with E-state index < -0.39 is 29.1 Å². The highest BCUT2D eigenvalue weighted by atomic mass is 79.9. The van der Waals surface area contributed by atoms with Gasteiger partial charge in [-0.05, 0) is 52.3 Å². The van der Waals surface area contributed by atoms with E-state index in [2.05, 4.69) is 21.2 Å². The minimum absolute atomic E-state index is 0.0960. The maximum atomic E-state index is 13.5. The lowest BCUT2D eigenvalue weighted by atomic mass is 10.1. The van der Waals surface area contributed by atoms with Crippen LogP contribution in [0, 0.1) is 11.6 Å². The SMILES string of the molecule is O=C(O)c1ccc(NC(=O)c2ccc(F)cc2Br)cc1F. The molecule has 0 bridgehead atoms. The lowest BCUT2D eigenvalue weighted by Crippen LogP contribution is -2.13. The van der Waals surface area contributed by atoms with Crippen LogP contribution < -0.4 is 5.32 Å². The van der Waals surface area contributed by atoms with Gasteiger partial charge in [-0.15, -0.1) is 0 Å². The average Bonchev–Trinajstić information content (AvgIpc) is 2.37. The van der Waals surface area contributed by atoms with Crippen LogP contribution in [0.15, 0.2) is 40.9 Å². The lowest BCUT2D eigenvalue weighted by Gasteiger charge is -2.08. The summed E-state index contributed by atoms with van der Waals surface area (Å²) in [5.41, 5.74) is -0.228.